The van der Waals surface area contributed by atoms with E-state index in [1.54, 1.807) is 12.5 Å². The van der Waals surface area contributed by atoms with Crippen molar-refractivity contribution in [2.24, 2.45) is 0 Å². The highest BCUT2D eigenvalue weighted by molar-refractivity contribution is 5.92. The largest absolute Gasteiger partial charge is 0.397 e. The van der Waals surface area contributed by atoms with Crippen LogP contribution in [0, 0.1) is 0 Å². The zero-order chi connectivity index (χ0) is 20.3. The SMILES string of the molecule is Nc1cncc(-c2ccc3ncnc(N[C@H]4CC[C@H](N5CCOCC5)CC4)c3c2)c1. The number of benzene rings is 1. The molecule has 156 valence electrons. The Bertz CT molecular complexity index is 1010. The molecule has 3 aromatic rings. The van der Waals surface area contributed by atoms with Gasteiger partial charge in [0, 0.05) is 48.5 Å². The van der Waals surface area contributed by atoms with E-state index in [9.17, 15) is 0 Å². The number of aromatic nitrogens is 3. The summed E-state index contributed by atoms with van der Waals surface area (Å²) in [6.45, 7) is 3.88. The number of ether oxygens (including phenoxy) is 1. The number of nitrogens with zero attached hydrogens (tertiary/aromatic N) is 4. The third kappa shape index (κ3) is 4.08. The highest BCUT2D eigenvalue weighted by Gasteiger charge is 2.27. The third-order valence-electron chi connectivity index (χ3n) is 6.33. The quantitative estimate of drug-likeness (QED) is 0.689. The first kappa shape index (κ1) is 19.2. The van der Waals surface area contributed by atoms with Crippen LogP contribution in [0.2, 0.25) is 0 Å². The molecule has 1 saturated heterocycles. The number of hydrogen-bond donors (Lipinski definition) is 2. The van der Waals surface area contributed by atoms with E-state index >= 15 is 0 Å². The lowest BCUT2D eigenvalue weighted by molar-refractivity contribution is 0.00791. The molecular weight excluding hydrogens is 376 g/mol. The molecule has 0 spiro atoms. The van der Waals surface area contributed by atoms with Crippen LogP contribution in [-0.4, -0.2) is 58.2 Å². The van der Waals surface area contributed by atoms with Gasteiger partial charge < -0.3 is 15.8 Å². The minimum Gasteiger partial charge on any atom is -0.397 e. The van der Waals surface area contributed by atoms with Crippen molar-refractivity contribution in [2.75, 3.05) is 37.4 Å². The van der Waals surface area contributed by atoms with Crippen LogP contribution in [0.4, 0.5) is 11.5 Å². The number of pyridine rings is 1. The molecule has 0 unspecified atom stereocenters. The fraction of sp³-hybridized carbons (Fsp3) is 0.435. The molecule has 7 heteroatoms. The minimum atomic E-state index is 0.443. The number of nitrogens with one attached hydrogen (secondary N) is 1. The molecule has 3 N–H and O–H groups in total. The number of morpholine rings is 1. The Balaban J connectivity index is 1.32. The first-order chi connectivity index (χ1) is 14.8. The van der Waals surface area contributed by atoms with Crippen molar-refractivity contribution in [3.63, 3.8) is 0 Å². The summed E-state index contributed by atoms with van der Waals surface area (Å²) >= 11 is 0. The van der Waals surface area contributed by atoms with Crippen molar-refractivity contribution in [1.29, 1.82) is 0 Å². The topological polar surface area (TPSA) is 89.2 Å². The second-order valence-electron chi connectivity index (χ2n) is 8.26. The number of rotatable bonds is 4. The fourth-order valence-electron chi connectivity index (χ4n) is 4.69. The molecule has 3 heterocycles. The van der Waals surface area contributed by atoms with E-state index in [-0.39, 0.29) is 0 Å². The summed E-state index contributed by atoms with van der Waals surface area (Å²) in [5, 5.41) is 4.74. The average molecular weight is 405 g/mol. The number of fused-ring (bicyclic) bond motifs is 1. The maximum atomic E-state index is 5.92. The molecule has 0 radical (unpaired) electrons. The molecule has 2 aliphatic rings. The van der Waals surface area contributed by atoms with Crippen LogP contribution >= 0.6 is 0 Å². The van der Waals surface area contributed by atoms with Gasteiger partial charge in [-0.2, -0.15) is 0 Å². The van der Waals surface area contributed by atoms with Crippen LogP contribution in [0.5, 0.6) is 0 Å². The standard InChI is InChI=1S/C23H28N6O/c24-18-11-17(13-25-14-18)16-1-6-22-21(12-16)23(27-15-26-22)28-19-2-4-20(5-3-19)29-7-9-30-10-8-29/h1,6,11-15,19-20H,2-5,7-10,24H2,(H,26,27,28)/t19-,20-. The Morgan fingerprint density at radius 1 is 0.967 bits per heavy atom. The summed E-state index contributed by atoms with van der Waals surface area (Å²) in [5.41, 5.74) is 9.58. The predicted octanol–water partition coefficient (Wildman–Crippen LogP) is 3.33. The first-order valence-corrected chi connectivity index (χ1v) is 10.8. The second-order valence-corrected chi connectivity index (χ2v) is 8.26. The monoisotopic (exact) mass is 404 g/mol. The van der Waals surface area contributed by atoms with Gasteiger partial charge in [0.1, 0.15) is 12.1 Å². The van der Waals surface area contributed by atoms with Crippen LogP contribution in [0.15, 0.2) is 43.0 Å². The summed E-state index contributed by atoms with van der Waals surface area (Å²) in [6, 6.07) is 9.31. The number of nitrogen functional groups attached to an aromatic ring is 1. The van der Waals surface area contributed by atoms with Gasteiger partial charge in [0.05, 0.1) is 24.4 Å². The van der Waals surface area contributed by atoms with Crippen LogP contribution in [0.25, 0.3) is 22.0 Å². The summed E-state index contributed by atoms with van der Waals surface area (Å²) in [6.07, 6.45) is 9.90. The van der Waals surface area contributed by atoms with Gasteiger partial charge in [0.2, 0.25) is 0 Å². The number of anilines is 2. The fourth-order valence-corrected chi connectivity index (χ4v) is 4.69. The van der Waals surface area contributed by atoms with Crippen LogP contribution in [-0.2, 0) is 4.74 Å². The van der Waals surface area contributed by atoms with Crippen molar-refractivity contribution in [3.8, 4) is 11.1 Å². The van der Waals surface area contributed by atoms with E-state index in [2.05, 4.69) is 37.3 Å². The Kier molecular flexibility index (Phi) is 5.46. The van der Waals surface area contributed by atoms with E-state index < -0.39 is 0 Å². The van der Waals surface area contributed by atoms with Gasteiger partial charge in [-0.1, -0.05) is 6.07 Å². The molecule has 2 aromatic heterocycles. The Hall–Kier alpha value is -2.77. The van der Waals surface area contributed by atoms with Gasteiger partial charge in [-0.05, 0) is 49.4 Å². The minimum absolute atomic E-state index is 0.443. The molecule has 1 aliphatic carbocycles. The van der Waals surface area contributed by atoms with Crippen LogP contribution in [0.1, 0.15) is 25.7 Å². The van der Waals surface area contributed by atoms with Crippen molar-refractivity contribution >= 4 is 22.4 Å². The maximum absolute atomic E-state index is 5.92. The zero-order valence-electron chi connectivity index (χ0n) is 17.1. The lowest BCUT2D eigenvalue weighted by Crippen LogP contribution is -2.46. The molecule has 0 amide bonds. The van der Waals surface area contributed by atoms with Crippen molar-refractivity contribution in [1.82, 2.24) is 19.9 Å². The summed E-state index contributed by atoms with van der Waals surface area (Å²) in [7, 11) is 0. The summed E-state index contributed by atoms with van der Waals surface area (Å²) < 4.78 is 5.50. The van der Waals surface area contributed by atoms with Gasteiger partial charge in [-0.25, -0.2) is 9.97 Å². The lowest BCUT2D eigenvalue weighted by atomic mass is 9.90. The van der Waals surface area contributed by atoms with E-state index in [0.717, 1.165) is 67.0 Å². The molecule has 1 saturated carbocycles. The van der Waals surface area contributed by atoms with E-state index in [4.69, 9.17) is 10.5 Å². The van der Waals surface area contributed by atoms with Crippen LogP contribution in [0.3, 0.4) is 0 Å². The number of nitrogens with two attached hydrogens (primary N) is 1. The normalized spacial score (nSPS) is 22.8. The Labute approximate surface area is 176 Å². The Morgan fingerprint density at radius 2 is 1.80 bits per heavy atom. The van der Waals surface area contributed by atoms with Gasteiger partial charge in [0.25, 0.3) is 0 Å². The average Bonchev–Trinajstić information content (AvgIpc) is 2.80. The van der Waals surface area contributed by atoms with Gasteiger partial charge in [0.15, 0.2) is 0 Å². The molecule has 1 aromatic carbocycles. The molecule has 0 atom stereocenters. The van der Waals surface area contributed by atoms with E-state index in [1.165, 1.54) is 12.8 Å². The molecule has 1 aliphatic heterocycles. The summed E-state index contributed by atoms with van der Waals surface area (Å²) in [5.74, 6) is 0.911. The van der Waals surface area contributed by atoms with Crippen molar-refractivity contribution < 1.29 is 4.74 Å². The van der Waals surface area contributed by atoms with E-state index in [1.807, 2.05) is 18.3 Å². The van der Waals surface area contributed by atoms with Gasteiger partial charge in [-0.3, -0.25) is 9.88 Å². The second kappa shape index (κ2) is 8.53. The summed E-state index contributed by atoms with van der Waals surface area (Å²) in [4.78, 5) is 15.8. The van der Waals surface area contributed by atoms with E-state index in [0.29, 0.717) is 17.8 Å². The smallest absolute Gasteiger partial charge is 0.137 e. The zero-order valence-corrected chi connectivity index (χ0v) is 17.1. The third-order valence-corrected chi connectivity index (χ3v) is 6.33. The molecule has 7 nitrogen and oxygen atoms in total. The van der Waals surface area contributed by atoms with Crippen LogP contribution < -0.4 is 11.1 Å². The highest BCUT2D eigenvalue weighted by atomic mass is 16.5. The molecule has 0 bridgehead atoms. The first-order valence-electron chi connectivity index (χ1n) is 10.8. The molecule has 30 heavy (non-hydrogen) atoms. The van der Waals surface area contributed by atoms with Crippen molar-refractivity contribution in [2.45, 2.75) is 37.8 Å². The van der Waals surface area contributed by atoms with Gasteiger partial charge >= 0.3 is 0 Å². The van der Waals surface area contributed by atoms with Gasteiger partial charge in [-0.15, -0.1) is 0 Å². The van der Waals surface area contributed by atoms with Crippen molar-refractivity contribution in [3.05, 3.63) is 43.0 Å². The molecular formula is C23H28N6O. The highest BCUT2D eigenvalue weighted by Crippen LogP contribution is 2.30. The maximum Gasteiger partial charge on any atom is 0.137 e. The predicted molar refractivity (Wildman–Crippen MR) is 119 cm³/mol. The molecule has 2 fully saturated rings. The molecule has 5 rings (SSSR count). The number of hydrogen-bond acceptors (Lipinski definition) is 7. The lowest BCUT2D eigenvalue weighted by Gasteiger charge is -2.39. The Morgan fingerprint density at radius 3 is 2.60 bits per heavy atom.